The van der Waals surface area contributed by atoms with Gasteiger partial charge in [0.1, 0.15) is 11.3 Å². The Bertz CT molecular complexity index is 966. The molecule has 0 spiro atoms. The van der Waals surface area contributed by atoms with Crippen molar-refractivity contribution in [2.45, 2.75) is 37.2 Å². The zero-order chi connectivity index (χ0) is 18.1. The van der Waals surface area contributed by atoms with Crippen molar-refractivity contribution in [2.75, 3.05) is 5.01 Å². The van der Waals surface area contributed by atoms with Gasteiger partial charge in [-0.3, -0.25) is 14.5 Å². The molecule has 25 heavy (non-hydrogen) atoms. The lowest BCUT2D eigenvalue weighted by molar-refractivity contribution is 0.0694. The van der Waals surface area contributed by atoms with Crippen molar-refractivity contribution < 1.29 is 15.0 Å². The highest BCUT2D eigenvalue weighted by Crippen LogP contribution is 2.50. The molecule has 1 saturated heterocycles. The Balaban J connectivity index is 2.09. The van der Waals surface area contributed by atoms with Gasteiger partial charge in [-0.2, -0.15) is 0 Å². The number of phenols is 1. The minimum atomic E-state index is -1.26. The third-order valence-electron chi connectivity index (χ3n) is 5.04. The Labute approximate surface area is 148 Å². The summed E-state index contributed by atoms with van der Waals surface area (Å²) >= 11 is 6.64. The molecule has 7 heteroatoms. The number of benzene rings is 1. The summed E-state index contributed by atoms with van der Waals surface area (Å²) in [7, 11) is 0. The van der Waals surface area contributed by atoms with E-state index in [1.807, 2.05) is 18.9 Å². The fraction of sp³-hybridized carbons (Fsp3) is 0.333. The van der Waals surface area contributed by atoms with Crippen LogP contribution in [0.15, 0.2) is 35.3 Å². The molecule has 1 aromatic heterocycles. The summed E-state index contributed by atoms with van der Waals surface area (Å²) in [5, 5.41) is 21.1. The maximum atomic E-state index is 12.2. The summed E-state index contributed by atoms with van der Waals surface area (Å²) in [6, 6.07) is 6.08. The van der Waals surface area contributed by atoms with Gasteiger partial charge < -0.3 is 10.2 Å². The van der Waals surface area contributed by atoms with Gasteiger partial charge in [-0.25, -0.2) is 4.79 Å². The predicted molar refractivity (Wildman–Crippen MR) is 94.1 cm³/mol. The quantitative estimate of drug-likeness (QED) is 0.764. The average molecular weight is 361 g/mol. The van der Waals surface area contributed by atoms with E-state index in [0.717, 1.165) is 11.1 Å². The second kappa shape index (κ2) is 5.02. The van der Waals surface area contributed by atoms with Crippen LogP contribution in [0.25, 0.3) is 11.3 Å². The van der Waals surface area contributed by atoms with Gasteiger partial charge in [0.15, 0.2) is 5.43 Å². The smallest absolute Gasteiger partial charge is 0.341 e. The number of fused-ring (bicyclic) bond motifs is 6. The van der Waals surface area contributed by atoms with Gasteiger partial charge in [0.2, 0.25) is 0 Å². The number of carbonyl (C=O) groups is 1. The first-order chi connectivity index (χ1) is 11.7. The fourth-order valence-corrected chi connectivity index (χ4v) is 4.68. The highest BCUT2D eigenvalue weighted by atomic mass is 35.5. The summed E-state index contributed by atoms with van der Waals surface area (Å²) in [4.78, 5) is 23.7. The van der Waals surface area contributed by atoms with E-state index in [9.17, 15) is 19.8 Å². The molecule has 2 aromatic rings. The Morgan fingerprint density at radius 2 is 2.04 bits per heavy atom. The van der Waals surface area contributed by atoms with Crippen LogP contribution in [-0.4, -0.2) is 31.8 Å². The van der Waals surface area contributed by atoms with Crippen LogP contribution in [0.5, 0.6) is 5.75 Å². The molecule has 2 aliphatic heterocycles. The first-order valence-corrected chi connectivity index (χ1v) is 8.41. The standard InChI is InChI=1S/C18H17ClN2O4/c1-18(2)7-13(19)16-11-5-9(22)3-4-10(11)14-6-15(23)12(17(24)25)8-20(14)21(16)18/h3-6,8,13,16,22H,7H2,1-2H3,(H,24,25). The van der Waals surface area contributed by atoms with Crippen LogP contribution in [0.1, 0.15) is 42.2 Å². The highest BCUT2D eigenvalue weighted by molar-refractivity contribution is 6.21. The summed E-state index contributed by atoms with van der Waals surface area (Å²) < 4.78 is 1.73. The number of rotatable bonds is 1. The second-order valence-electron chi connectivity index (χ2n) is 7.18. The molecule has 6 nitrogen and oxygen atoms in total. The molecule has 4 rings (SSSR count). The van der Waals surface area contributed by atoms with Gasteiger partial charge in [-0.05, 0) is 44.0 Å². The lowest BCUT2D eigenvalue weighted by Crippen LogP contribution is -2.50. The van der Waals surface area contributed by atoms with Crippen LogP contribution < -0.4 is 10.4 Å². The third-order valence-corrected chi connectivity index (χ3v) is 5.44. The molecule has 3 heterocycles. The van der Waals surface area contributed by atoms with Gasteiger partial charge >= 0.3 is 5.97 Å². The van der Waals surface area contributed by atoms with Crippen LogP contribution in [-0.2, 0) is 0 Å². The van der Waals surface area contributed by atoms with Gasteiger partial charge in [-0.1, -0.05) is 0 Å². The molecule has 2 N–H and O–H groups in total. The molecule has 2 aliphatic rings. The maximum Gasteiger partial charge on any atom is 0.341 e. The first kappa shape index (κ1) is 16.0. The molecule has 0 bridgehead atoms. The van der Waals surface area contributed by atoms with E-state index in [4.69, 9.17) is 11.6 Å². The average Bonchev–Trinajstić information content (AvgIpc) is 2.76. The SMILES string of the molecule is CC1(C)CC(Cl)C2c3cc(O)ccc3-c3cc(=O)c(C(=O)O)cn3N21. The lowest BCUT2D eigenvalue weighted by Gasteiger charge is -2.44. The van der Waals surface area contributed by atoms with E-state index in [1.165, 1.54) is 12.3 Å². The molecular weight excluding hydrogens is 344 g/mol. The van der Waals surface area contributed by atoms with Crippen LogP contribution in [0.2, 0.25) is 0 Å². The molecule has 2 unspecified atom stereocenters. The van der Waals surface area contributed by atoms with E-state index in [-0.39, 0.29) is 28.3 Å². The van der Waals surface area contributed by atoms with Crippen molar-refractivity contribution in [1.82, 2.24) is 4.68 Å². The molecule has 1 aromatic carbocycles. The zero-order valence-corrected chi connectivity index (χ0v) is 14.5. The molecule has 1 fully saturated rings. The number of aromatic carboxylic acids is 1. The van der Waals surface area contributed by atoms with Crippen LogP contribution >= 0.6 is 11.6 Å². The molecule has 0 saturated carbocycles. The number of nitrogens with zero attached hydrogens (tertiary/aromatic N) is 2. The monoisotopic (exact) mass is 360 g/mol. The highest BCUT2D eigenvalue weighted by Gasteiger charge is 2.50. The van der Waals surface area contributed by atoms with Gasteiger partial charge in [0.05, 0.1) is 22.7 Å². The molecule has 130 valence electrons. The van der Waals surface area contributed by atoms with Crippen molar-refractivity contribution in [3.8, 4) is 17.0 Å². The number of aromatic hydroxyl groups is 1. The number of phenolic OH excluding ortho intramolecular Hbond substituents is 1. The maximum absolute atomic E-state index is 12.2. The summed E-state index contributed by atoms with van der Waals surface area (Å²) in [5.41, 5.74) is 1.04. The Morgan fingerprint density at radius 1 is 1.32 bits per heavy atom. The van der Waals surface area contributed by atoms with Crippen LogP contribution in [0.3, 0.4) is 0 Å². The van der Waals surface area contributed by atoms with E-state index in [1.54, 1.807) is 22.9 Å². The number of pyridine rings is 1. The molecule has 0 aliphatic carbocycles. The normalized spacial score (nSPS) is 22.9. The third kappa shape index (κ3) is 2.17. The number of aromatic nitrogens is 1. The molecule has 0 amide bonds. The topological polar surface area (TPSA) is 82.8 Å². The Hall–Kier alpha value is -2.47. The number of carboxylic acid groups (broad SMARTS) is 1. The van der Waals surface area contributed by atoms with Crippen molar-refractivity contribution >= 4 is 17.6 Å². The summed E-state index contributed by atoms with van der Waals surface area (Å²) in [6.45, 7) is 4.05. The van der Waals surface area contributed by atoms with Crippen molar-refractivity contribution in [2.24, 2.45) is 0 Å². The first-order valence-electron chi connectivity index (χ1n) is 7.98. The largest absolute Gasteiger partial charge is 0.508 e. The van der Waals surface area contributed by atoms with Crippen LogP contribution in [0, 0.1) is 0 Å². The van der Waals surface area contributed by atoms with Gasteiger partial charge in [0.25, 0.3) is 0 Å². The Morgan fingerprint density at radius 3 is 2.72 bits per heavy atom. The van der Waals surface area contributed by atoms with Crippen molar-refractivity contribution in [3.05, 3.63) is 51.8 Å². The van der Waals surface area contributed by atoms with Gasteiger partial charge in [0, 0.05) is 17.8 Å². The van der Waals surface area contributed by atoms with Crippen molar-refractivity contribution in [3.63, 3.8) is 0 Å². The van der Waals surface area contributed by atoms with Crippen molar-refractivity contribution in [1.29, 1.82) is 0 Å². The number of hydrogen-bond donors (Lipinski definition) is 2. The molecule has 0 radical (unpaired) electrons. The number of halogens is 1. The number of hydrogen-bond acceptors (Lipinski definition) is 4. The summed E-state index contributed by atoms with van der Waals surface area (Å²) in [6.07, 6.45) is 2.06. The fourth-order valence-electron chi connectivity index (χ4n) is 4.06. The van der Waals surface area contributed by atoms with E-state index in [2.05, 4.69) is 0 Å². The van der Waals surface area contributed by atoms with E-state index < -0.39 is 11.4 Å². The van der Waals surface area contributed by atoms with E-state index >= 15 is 0 Å². The minimum absolute atomic E-state index is 0.130. The zero-order valence-electron chi connectivity index (χ0n) is 13.7. The molecular formula is C18H17ClN2O4. The predicted octanol–water partition coefficient (Wildman–Crippen LogP) is 2.70. The van der Waals surface area contributed by atoms with E-state index in [0.29, 0.717) is 12.1 Å². The second-order valence-corrected chi connectivity index (χ2v) is 7.74. The lowest BCUT2D eigenvalue weighted by atomic mass is 9.94. The summed E-state index contributed by atoms with van der Waals surface area (Å²) in [5.74, 6) is -1.13. The molecule has 2 atom stereocenters. The van der Waals surface area contributed by atoms with Crippen LogP contribution in [0.4, 0.5) is 0 Å². The number of alkyl halides is 1. The van der Waals surface area contributed by atoms with Gasteiger partial charge in [-0.15, -0.1) is 11.6 Å². The number of carboxylic acids is 1. The minimum Gasteiger partial charge on any atom is -0.508 e. The Kier molecular flexibility index (Phi) is 3.22.